The summed E-state index contributed by atoms with van der Waals surface area (Å²) in [5.74, 6) is -2.13. The van der Waals surface area contributed by atoms with E-state index >= 15 is 0 Å². The highest BCUT2D eigenvalue weighted by atomic mass is 35.5. The molecule has 0 saturated carbocycles. The van der Waals surface area contributed by atoms with Gasteiger partial charge in [0.25, 0.3) is 0 Å². The van der Waals surface area contributed by atoms with Gasteiger partial charge in [0, 0.05) is 5.56 Å². The number of carboxylic acid groups (broad SMARTS) is 1. The van der Waals surface area contributed by atoms with Crippen LogP contribution >= 0.6 is 23.2 Å². The summed E-state index contributed by atoms with van der Waals surface area (Å²) in [5.41, 5.74) is 3.08. The zero-order chi connectivity index (χ0) is 24.5. The predicted molar refractivity (Wildman–Crippen MR) is 131 cm³/mol. The Labute approximate surface area is 207 Å². The fraction of sp³-hybridized carbons (Fsp3) is 0.167. The van der Waals surface area contributed by atoms with Crippen LogP contribution in [0.1, 0.15) is 23.6 Å². The number of para-hydroxylation sites is 1. The number of benzene rings is 3. The van der Waals surface area contributed by atoms with Gasteiger partial charge in [-0.15, -0.1) is 0 Å². The normalized spacial score (nSPS) is 14.8. The fourth-order valence-electron chi connectivity index (χ4n) is 4.09. The largest absolute Gasteiger partial charge is 0.480 e. The lowest BCUT2D eigenvalue weighted by Crippen LogP contribution is -2.41. The summed E-state index contributed by atoms with van der Waals surface area (Å²) in [7, 11) is -4.01. The summed E-state index contributed by atoms with van der Waals surface area (Å²) < 4.78 is 28.9. The van der Waals surface area contributed by atoms with Gasteiger partial charge in [-0.2, -0.15) is 0 Å². The number of fused-ring (bicyclic) bond motifs is 3. The number of nitrogens with one attached hydrogen (secondary N) is 1. The Bertz CT molecular complexity index is 1380. The van der Waals surface area contributed by atoms with Gasteiger partial charge in [-0.25, -0.2) is 8.42 Å². The number of nitrogens with zero attached hydrogens (tertiary/aromatic N) is 1. The number of sulfonamides is 1. The molecule has 4 rings (SSSR count). The molecule has 176 valence electrons. The summed E-state index contributed by atoms with van der Waals surface area (Å²) in [6.45, 7) is -0.556. The van der Waals surface area contributed by atoms with Crippen molar-refractivity contribution in [2.45, 2.75) is 18.2 Å². The molecule has 2 N–H and O–H groups in total. The van der Waals surface area contributed by atoms with Crippen LogP contribution in [0.4, 0.5) is 5.69 Å². The Balaban J connectivity index is 1.80. The first kappa shape index (κ1) is 24.1. The van der Waals surface area contributed by atoms with Crippen LogP contribution in [0.3, 0.4) is 0 Å². The number of carbonyl (C=O) groups excluding carboxylic acids is 1. The first-order valence-corrected chi connectivity index (χ1v) is 12.7. The number of carbonyl (C=O) groups is 2. The summed E-state index contributed by atoms with van der Waals surface area (Å²) >= 11 is 12.1. The summed E-state index contributed by atoms with van der Waals surface area (Å²) in [5, 5.41) is 11.8. The highest BCUT2D eigenvalue weighted by Gasteiger charge is 2.39. The van der Waals surface area contributed by atoms with Crippen LogP contribution in [0.15, 0.2) is 66.7 Å². The number of rotatable bonds is 7. The van der Waals surface area contributed by atoms with Gasteiger partial charge < -0.3 is 10.4 Å². The van der Waals surface area contributed by atoms with Crippen molar-refractivity contribution in [2.75, 3.05) is 10.8 Å². The Hall–Kier alpha value is -3.07. The highest BCUT2D eigenvalue weighted by molar-refractivity contribution is 7.92. The van der Waals surface area contributed by atoms with Crippen molar-refractivity contribution in [3.05, 3.63) is 87.9 Å². The van der Waals surface area contributed by atoms with Crippen molar-refractivity contribution in [2.24, 2.45) is 0 Å². The van der Waals surface area contributed by atoms with Gasteiger partial charge in [-0.1, -0.05) is 71.7 Å². The fourth-order valence-corrected chi connectivity index (χ4v) is 6.18. The van der Waals surface area contributed by atoms with Crippen molar-refractivity contribution in [1.29, 1.82) is 0 Å². The van der Waals surface area contributed by atoms with Crippen LogP contribution in [0.5, 0.6) is 0 Å². The molecule has 0 aromatic heterocycles. The molecule has 0 radical (unpaired) electrons. The van der Waals surface area contributed by atoms with E-state index in [1.165, 1.54) is 16.4 Å². The third-order valence-electron chi connectivity index (χ3n) is 5.48. The molecule has 0 bridgehead atoms. The third kappa shape index (κ3) is 4.89. The molecule has 0 aliphatic carbocycles. The SMILES string of the molecule is O=C(O)CNC(=O)CC1c2ccccc2-c2ccccc2N1S(=O)(=O)Cc1ccc(Cl)c(Cl)c1. The average Bonchev–Trinajstić information content (AvgIpc) is 2.80. The smallest absolute Gasteiger partial charge is 0.322 e. The van der Waals surface area contributed by atoms with Crippen molar-refractivity contribution in [1.82, 2.24) is 5.32 Å². The molecular formula is C24H20Cl2N2O5S. The number of aliphatic carboxylic acids is 1. The molecule has 3 aromatic carbocycles. The quantitative estimate of drug-likeness (QED) is 0.473. The minimum absolute atomic E-state index is 0.239. The molecule has 10 heteroatoms. The summed E-state index contributed by atoms with van der Waals surface area (Å²) in [4.78, 5) is 23.5. The van der Waals surface area contributed by atoms with Crippen LogP contribution in [0.2, 0.25) is 10.0 Å². The lowest BCUT2D eigenvalue weighted by Gasteiger charge is -2.39. The van der Waals surface area contributed by atoms with Crippen LogP contribution < -0.4 is 9.62 Å². The molecule has 3 aromatic rings. The maximum atomic E-state index is 13.8. The highest BCUT2D eigenvalue weighted by Crippen LogP contribution is 2.47. The van der Waals surface area contributed by atoms with E-state index in [0.717, 1.165) is 11.1 Å². The molecule has 34 heavy (non-hydrogen) atoms. The monoisotopic (exact) mass is 518 g/mol. The molecule has 0 spiro atoms. The van der Waals surface area contributed by atoms with E-state index in [1.807, 2.05) is 24.3 Å². The van der Waals surface area contributed by atoms with Crippen LogP contribution in [-0.4, -0.2) is 31.9 Å². The van der Waals surface area contributed by atoms with Crippen molar-refractivity contribution >= 4 is 50.8 Å². The zero-order valence-electron chi connectivity index (χ0n) is 17.7. The van der Waals surface area contributed by atoms with E-state index in [2.05, 4.69) is 5.32 Å². The van der Waals surface area contributed by atoms with Crippen LogP contribution in [0.25, 0.3) is 11.1 Å². The Morgan fingerprint density at radius 2 is 1.62 bits per heavy atom. The first-order chi connectivity index (χ1) is 16.2. The van der Waals surface area contributed by atoms with Gasteiger partial charge in [-0.05, 0) is 34.9 Å². The van der Waals surface area contributed by atoms with E-state index in [9.17, 15) is 18.0 Å². The third-order valence-corrected chi connectivity index (χ3v) is 7.97. The van der Waals surface area contributed by atoms with Crippen molar-refractivity contribution in [3.8, 4) is 11.1 Å². The van der Waals surface area contributed by atoms with Gasteiger partial charge in [0.2, 0.25) is 15.9 Å². The van der Waals surface area contributed by atoms with Gasteiger partial charge in [-0.3, -0.25) is 13.9 Å². The van der Waals surface area contributed by atoms with Gasteiger partial charge in [0.15, 0.2) is 0 Å². The van der Waals surface area contributed by atoms with Crippen molar-refractivity contribution in [3.63, 3.8) is 0 Å². The van der Waals surface area contributed by atoms with Crippen LogP contribution in [-0.2, 0) is 25.4 Å². The number of hydrogen-bond acceptors (Lipinski definition) is 4. The maximum absolute atomic E-state index is 13.8. The molecule has 0 saturated heterocycles. The second-order valence-corrected chi connectivity index (χ2v) is 10.5. The molecule has 1 unspecified atom stereocenters. The second-order valence-electron chi connectivity index (χ2n) is 7.80. The lowest BCUT2D eigenvalue weighted by molar-refractivity contribution is -0.138. The summed E-state index contributed by atoms with van der Waals surface area (Å²) in [6.07, 6.45) is -0.251. The van der Waals surface area contributed by atoms with E-state index in [4.69, 9.17) is 28.3 Å². The molecule has 1 aliphatic heterocycles. The first-order valence-electron chi connectivity index (χ1n) is 10.3. The van der Waals surface area contributed by atoms with E-state index in [0.29, 0.717) is 21.8 Å². The second kappa shape index (κ2) is 9.66. The maximum Gasteiger partial charge on any atom is 0.322 e. The standard InChI is InChI=1S/C24H20Cl2N2O5S/c25-19-10-9-15(11-20(19)26)14-34(32,33)28-21-8-4-3-6-17(21)16-5-1-2-7-18(16)22(28)12-23(29)27-13-24(30)31/h1-11,22H,12-14H2,(H,27,29)(H,30,31). The number of hydrogen-bond donors (Lipinski definition) is 2. The number of halogens is 2. The molecule has 7 nitrogen and oxygen atoms in total. The van der Waals surface area contributed by atoms with Crippen molar-refractivity contribution < 1.29 is 23.1 Å². The van der Waals surface area contributed by atoms with Gasteiger partial charge in [0.05, 0.1) is 33.9 Å². The van der Waals surface area contributed by atoms with Crippen LogP contribution in [0, 0.1) is 0 Å². The van der Waals surface area contributed by atoms with Gasteiger partial charge in [0.1, 0.15) is 6.54 Å². The Morgan fingerprint density at radius 3 is 2.32 bits per heavy atom. The molecule has 1 heterocycles. The number of carboxylic acids is 1. The minimum Gasteiger partial charge on any atom is -0.480 e. The average molecular weight is 519 g/mol. The summed E-state index contributed by atoms with van der Waals surface area (Å²) in [6, 6.07) is 18.1. The Morgan fingerprint density at radius 1 is 0.941 bits per heavy atom. The minimum atomic E-state index is -4.01. The Kier molecular flexibility index (Phi) is 6.84. The number of amides is 1. The molecule has 1 amide bonds. The number of anilines is 1. The molecular weight excluding hydrogens is 499 g/mol. The van der Waals surface area contributed by atoms with Gasteiger partial charge >= 0.3 is 5.97 Å². The molecule has 1 atom stereocenters. The lowest BCUT2D eigenvalue weighted by atomic mass is 9.88. The topological polar surface area (TPSA) is 104 Å². The molecule has 0 fully saturated rings. The van der Waals surface area contributed by atoms with E-state index < -0.39 is 34.5 Å². The zero-order valence-corrected chi connectivity index (χ0v) is 20.1. The predicted octanol–water partition coefficient (Wildman–Crippen LogP) is 4.64. The molecule has 1 aliphatic rings. The van der Waals surface area contributed by atoms with E-state index in [1.54, 1.807) is 30.3 Å². The van der Waals surface area contributed by atoms with E-state index in [-0.39, 0.29) is 17.2 Å².